The highest BCUT2D eigenvalue weighted by Gasteiger charge is 2.20. The maximum Gasteiger partial charge on any atom is 0.228 e. The van der Waals surface area contributed by atoms with Gasteiger partial charge >= 0.3 is 0 Å². The molecular formula is C17H23N3O. The zero-order valence-corrected chi connectivity index (χ0v) is 12.6. The maximum atomic E-state index is 12.3. The standard InChI is InChI=1S/C17H23N3O/c1-2-9-20-10-7-13-11-15(5-6-16(13)20)19-17(21)14-4-3-8-18-12-14/h5-7,10-11,14,18H,2-4,8-9,12H2,1H3,(H,19,21). The molecule has 0 aliphatic carbocycles. The molecule has 0 spiro atoms. The van der Waals surface area contributed by atoms with Gasteiger partial charge in [-0.25, -0.2) is 0 Å². The van der Waals surface area contributed by atoms with E-state index in [1.807, 2.05) is 6.07 Å². The molecule has 1 aliphatic rings. The van der Waals surface area contributed by atoms with Crippen molar-refractivity contribution in [1.29, 1.82) is 0 Å². The molecule has 0 saturated carbocycles. The molecule has 1 unspecified atom stereocenters. The summed E-state index contributed by atoms with van der Waals surface area (Å²) in [5.74, 6) is 0.230. The molecule has 1 fully saturated rings. The van der Waals surface area contributed by atoms with E-state index in [0.717, 1.165) is 44.6 Å². The Kier molecular flexibility index (Phi) is 4.25. The molecule has 1 aromatic carbocycles. The number of rotatable bonds is 4. The molecule has 3 rings (SSSR count). The van der Waals surface area contributed by atoms with Crippen LogP contribution >= 0.6 is 0 Å². The molecule has 1 aromatic heterocycles. The van der Waals surface area contributed by atoms with Crippen molar-refractivity contribution >= 4 is 22.5 Å². The normalized spacial score (nSPS) is 18.8. The molecule has 2 heterocycles. The van der Waals surface area contributed by atoms with Gasteiger partial charge in [-0.1, -0.05) is 6.92 Å². The Labute approximate surface area is 125 Å². The Balaban J connectivity index is 1.73. The fourth-order valence-electron chi connectivity index (χ4n) is 3.03. The molecular weight excluding hydrogens is 262 g/mol. The number of carbonyl (C=O) groups is 1. The average molecular weight is 285 g/mol. The second kappa shape index (κ2) is 6.31. The summed E-state index contributed by atoms with van der Waals surface area (Å²) in [7, 11) is 0. The smallest absolute Gasteiger partial charge is 0.228 e. The van der Waals surface area contributed by atoms with Gasteiger partial charge in [0.1, 0.15) is 0 Å². The van der Waals surface area contributed by atoms with E-state index in [-0.39, 0.29) is 11.8 Å². The third kappa shape index (κ3) is 3.10. The molecule has 2 N–H and O–H groups in total. The number of hydrogen-bond donors (Lipinski definition) is 2. The number of piperidine rings is 1. The quantitative estimate of drug-likeness (QED) is 0.907. The van der Waals surface area contributed by atoms with E-state index in [1.54, 1.807) is 0 Å². The molecule has 2 aromatic rings. The number of nitrogens with zero attached hydrogens (tertiary/aromatic N) is 1. The second-order valence-corrected chi connectivity index (χ2v) is 5.82. The lowest BCUT2D eigenvalue weighted by molar-refractivity contribution is -0.120. The SMILES string of the molecule is CCCn1ccc2cc(NC(=O)C3CCCNC3)ccc21. The molecule has 21 heavy (non-hydrogen) atoms. The monoisotopic (exact) mass is 285 g/mol. The van der Waals surface area contributed by atoms with Gasteiger partial charge < -0.3 is 15.2 Å². The van der Waals surface area contributed by atoms with E-state index in [2.05, 4.69) is 46.5 Å². The molecule has 4 heteroatoms. The van der Waals surface area contributed by atoms with Crippen molar-refractivity contribution in [2.24, 2.45) is 5.92 Å². The topological polar surface area (TPSA) is 46.1 Å². The van der Waals surface area contributed by atoms with E-state index in [0.29, 0.717) is 0 Å². The van der Waals surface area contributed by atoms with Gasteiger partial charge in [0.05, 0.1) is 5.92 Å². The van der Waals surface area contributed by atoms with Crippen molar-refractivity contribution in [3.63, 3.8) is 0 Å². The summed E-state index contributed by atoms with van der Waals surface area (Å²) in [6.07, 6.45) is 5.30. The van der Waals surface area contributed by atoms with Crippen LogP contribution < -0.4 is 10.6 Å². The highest BCUT2D eigenvalue weighted by molar-refractivity contribution is 5.95. The lowest BCUT2D eigenvalue weighted by Crippen LogP contribution is -2.37. The van der Waals surface area contributed by atoms with Gasteiger partial charge in [0.15, 0.2) is 0 Å². The number of hydrogen-bond acceptors (Lipinski definition) is 2. The number of carbonyl (C=O) groups excluding carboxylic acids is 1. The summed E-state index contributed by atoms with van der Waals surface area (Å²) in [4.78, 5) is 12.3. The van der Waals surface area contributed by atoms with Crippen LogP contribution in [-0.2, 0) is 11.3 Å². The van der Waals surface area contributed by atoms with Crippen LogP contribution in [0.5, 0.6) is 0 Å². The van der Waals surface area contributed by atoms with Crippen LogP contribution in [0.15, 0.2) is 30.5 Å². The Bertz CT molecular complexity index is 626. The molecule has 0 bridgehead atoms. The lowest BCUT2D eigenvalue weighted by Gasteiger charge is -2.21. The van der Waals surface area contributed by atoms with Gasteiger partial charge in [-0.15, -0.1) is 0 Å². The molecule has 0 radical (unpaired) electrons. The third-order valence-electron chi connectivity index (χ3n) is 4.17. The number of fused-ring (bicyclic) bond motifs is 1. The van der Waals surface area contributed by atoms with Gasteiger partial charge in [0.25, 0.3) is 0 Å². The van der Waals surface area contributed by atoms with Gasteiger partial charge in [0, 0.05) is 35.9 Å². The van der Waals surface area contributed by atoms with Crippen molar-refractivity contribution in [3.8, 4) is 0 Å². The van der Waals surface area contributed by atoms with Crippen molar-refractivity contribution in [2.75, 3.05) is 18.4 Å². The van der Waals surface area contributed by atoms with Crippen LogP contribution in [0.3, 0.4) is 0 Å². The second-order valence-electron chi connectivity index (χ2n) is 5.82. The Hall–Kier alpha value is -1.81. The van der Waals surface area contributed by atoms with Crippen molar-refractivity contribution in [3.05, 3.63) is 30.5 Å². The summed E-state index contributed by atoms with van der Waals surface area (Å²) in [5.41, 5.74) is 2.13. The zero-order chi connectivity index (χ0) is 14.7. The first-order chi connectivity index (χ1) is 10.3. The largest absolute Gasteiger partial charge is 0.347 e. The molecule has 112 valence electrons. The van der Waals surface area contributed by atoms with Crippen molar-refractivity contribution < 1.29 is 4.79 Å². The van der Waals surface area contributed by atoms with E-state index >= 15 is 0 Å². The summed E-state index contributed by atoms with van der Waals surface area (Å²) < 4.78 is 2.26. The molecule has 1 saturated heterocycles. The molecule has 1 aliphatic heterocycles. The Morgan fingerprint density at radius 3 is 3.10 bits per heavy atom. The number of anilines is 1. The number of amides is 1. The van der Waals surface area contributed by atoms with Crippen LogP contribution in [0, 0.1) is 5.92 Å². The minimum Gasteiger partial charge on any atom is -0.347 e. The van der Waals surface area contributed by atoms with E-state index < -0.39 is 0 Å². The van der Waals surface area contributed by atoms with Gasteiger partial charge in [-0.05, 0) is 50.1 Å². The fourth-order valence-corrected chi connectivity index (χ4v) is 3.03. The predicted octanol–water partition coefficient (Wildman–Crippen LogP) is 2.99. The predicted molar refractivity (Wildman–Crippen MR) is 86.5 cm³/mol. The van der Waals surface area contributed by atoms with Crippen molar-refractivity contribution in [1.82, 2.24) is 9.88 Å². The summed E-state index contributed by atoms with van der Waals surface area (Å²) in [6, 6.07) is 8.28. The van der Waals surface area contributed by atoms with Crippen LogP contribution in [-0.4, -0.2) is 23.6 Å². The van der Waals surface area contributed by atoms with E-state index in [9.17, 15) is 4.79 Å². The van der Waals surface area contributed by atoms with E-state index in [4.69, 9.17) is 0 Å². The Morgan fingerprint density at radius 1 is 1.43 bits per heavy atom. The van der Waals surface area contributed by atoms with Crippen molar-refractivity contribution in [2.45, 2.75) is 32.7 Å². The van der Waals surface area contributed by atoms with Crippen LogP contribution in [0.4, 0.5) is 5.69 Å². The van der Waals surface area contributed by atoms with Crippen LogP contribution in [0.25, 0.3) is 10.9 Å². The van der Waals surface area contributed by atoms with Gasteiger partial charge in [-0.2, -0.15) is 0 Å². The van der Waals surface area contributed by atoms with E-state index in [1.165, 1.54) is 10.9 Å². The molecule has 4 nitrogen and oxygen atoms in total. The first-order valence-corrected chi connectivity index (χ1v) is 7.88. The number of aromatic nitrogens is 1. The average Bonchev–Trinajstić information content (AvgIpc) is 2.91. The van der Waals surface area contributed by atoms with Crippen LogP contribution in [0.1, 0.15) is 26.2 Å². The fraction of sp³-hybridized carbons (Fsp3) is 0.471. The van der Waals surface area contributed by atoms with Gasteiger partial charge in [-0.3, -0.25) is 4.79 Å². The Morgan fingerprint density at radius 2 is 2.33 bits per heavy atom. The zero-order valence-electron chi connectivity index (χ0n) is 12.6. The highest BCUT2D eigenvalue weighted by atomic mass is 16.1. The summed E-state index contributed by atoms with van der Waals surface area (Å²) in [6.45, 7) is 5.03. The lowest BCUT2D eigenvalue weighted by atomic mass is 9.99. The first kappa shape index (κ1) is 14.1. The minimum absolute atomic E-state index is 0.0964. The summed E-state index contributed by atoms with van der Waals surface area (Å²) >= 11 is 0. The molecule has 1 atom stereocenters. The minimum atomic E-state index is 0.0964. The maximum absolute atomic E-state index is 12.3. The summed E-state index contributed by atoms with van der Waals surface area (Å²) in [5, 5.41) is 7.52. The van der Waals surface area contributed by atoms with Gasteiger partial charge in [0.2, 0.25) is 5.91 Å². The third-order valence-corrected chi connectivity index (χ3v) is 4.17. The number of nitrogens with one attached hydrogen (secondary N) is 2. The number of aryl methyl sites for hydroxylation is 1. The first-order valence-electron chi connectivity index (χ1n) is 7.88. The molecule has 1 amide bonds. The number of benzene rings is 1. The van der Waals surface area contributed by atoms with Crippen LogP contribution in [0.2, 0.25) is 0 Å². The highest BCUT2D eigenvalue weighted by Crippen LogP contribution is 2.22.